The number of allylic oxidation sites excluding steroid dienone is 1. The molecule has 0 amide bonds. The topological polar surface area (TPSA) is 34.1 Å². The Kier molecular flexibility index (Phi) is 2.88. The van der Waals surface area contributed by atoms with Crippen molar-refractivity contribution in [1.29, 1.82) is 0 Å². The Labute approximate surface area is 146 Å². The standard InChI is InChI=1S/C16H6O2S3Te/c17-13-8(14(18)10-6-19-5-9(10)13)3-7-4-12-16(21-7)15-11(22-12)1-2-20-15/h1-6H. The van der Waals surface area contributed by atoms with Gasteiger partial charge in [-0.2, -0.15) is 0 Å². The Bertz CT molecular complexity index is 1090. The Balaban J connectivity index is 1.66. The molecule has 0 saturated carbocycles. The van der Waals surface area contributed by atoms with Gasteiger partial charge >= 0.3 is 148 Å². The normalized spacial score (nSPS) is 14.5. The number of Topliss-reactive ketones (excluding diaryl/α,β-unsaturated/α-hetero) is 2. The molecule has 1 aliphatic carbocycles. The van der Waals surface area contributed by atoms with E-state index in [0.717, 1.165) is 4.88 Å². The Morgan fingerprint density at radius 2 is 1.77 bits per heavy atom. The molecule has 0 N–H and O–H groups in total. The van der Waals surface area contributed by atoms with Crippen LogP contribution in [0.25, 0.3) is 22.3 Å². The summed E-state index contributed by atoms with van der Waals surface area (Å²) in [6.45, 7) is 0. The van der Waals surface area contributed by atoms with Crippen molar-refractivity contribution < 1.29 is 9.59 Å². The van der Waals surface area contributed by atoms with Gasteiger partial charge in [-0.05, 0) is 0 Å². The third-order valence-corrected chi connectivity index (χ3v) is 10.6. The second kappa shape index (κ2) is 4.73. The number of rotatable bonds is 1. The van der Waals surface area contributed by atoms with Crippen LogP contribution >= 0.6 is 34.0 Å². The van der Waals surface area contributed by atoms with Crippen LogP contribution in [-0.2, 0) is 0 Å². The van der Waals surface area contributed by atoms with Crippen LogP contribution in [-0.4, -0.2) is 32.0 Å². The Hall–Kier alpha value is -1.03. The van der Waals surface area contributed by atoms with Crippen molar-refractivity contribution in [1.82, 2.24) is 0 Å². The first-order valence-corrected chi connectivity index (χ1v) is 11.5. The van der Waals surface area contributed by atoms with E-state index in [-0.39, 0.29) is 32.0 Å². The summed E-state index contributed by atoms with van der Waals surface area (Å²) >= 11 is 4.62. The number of carbonyl (C=O) groups excluding carboxylic acids is 2. The molecule has 6 heteroatoms. The van der Waals surface area contributed by atoms with Gasteiger partial charge in [0, 0.05) is 0 Å². The van der Waals surface area contributed by atoms with Crippen LogP contribution in [0.3, 0.4) is 0 Å². The van der Waals surface area contributed by atoms with E-state index in [0.29, 0.717) is 16.7 Å². The molecule has 0 radical (unpaired) electrons. The summed E-state index contributed by atoms with van der Waals surface area (Å²) in [4.78, 5) is 25.7. The van der Waals surface area contributed by atoms with Gasteiger partial charge in [-0.1, -0.05) is 0 Å². The second-order valence-electron chi connectivity index (χ2n) is 4.97. The molecular formula is C16H6O2S3Te. The van der Waals surface area contributed by atoms with Gasteiger partial charge in [-0.25, -0.2) is 0 Å². The first-order chi connectivity index (χ1) is 10.7. The van der Waals surface area contributed by atoms with Gasteiger partial charge in [-0.3, -0.25) is 0 Å². The van der Waals surface area contributed by atoms with Gasteiger partial charge < -0.3 is 0 Å². The molecular weight excluding hydrogens is 448 g/mol. The van der Waals surface area contributed by atoms with Crippen LogP contribution in [0.5, 0.6) is 0 Å². The fraction of sp³-hybridized carbons (Fsp3) is 0. The zero-order valence-corrected chi connectivity index (χ0v) is 15.7. The summed E-state index contributed by atoms with van der Waals surface area (Å²) in [5.74, 6) is -0.244. The fourth-order valence-electron chi connectivity index (χ4n) is 2.67. The van der Waals surface area contributed by atoms with E-state index >= 15 is 0 Å². The van der Waals surface area contributed by atoms with Crippen molar-refractivity contribution in [2.45, 2.75) is 0 Å². The molecule has 0 aromatic carbocycles. The predicted molar refractivity (Wildman–Crippen MR) is 95.1 cm³/mol. The van der Waals surface area contributed by atoms with Crippen LogP contribution in [0.2, 0.25) is 0 Å². The molecule has 5 rings (SSSR count). The summed E-state index contributed by atoms with van der Waals surface area (Å²) in [6, 6.07) is 4.41. The monoisotopic (exact) mass is 456 g/mol. The number of fused-ring (bicyclic) bond motifs is 4. The Morgan fingerprint density at radius 3 is 2.55 bits per heavy atom. The van der Waals surface area contributed by atoms with Crippen molar-refractivity contribution in [3.05, 3.63) is 49.9 Å². The average Bonchev–Trinajstić information content (AvgIpc) is 3.24. The predicted octanol–water partition coefficient (Wildman–Crippen LogP) is 4.70. The molecule has 22 heavy (non-hydrogen) atoms. The van der Waals surface area contributed by atoms with E-state index < -0.39 is 0 Å². The first-order valence-electron chi connectivity index (χ1n) is 6.49. The van der Waals surface area contributed by atoms with E-state index in [1.165, 1.54) is 27.5 Å². The van der Waals surface area contributed by atoms with E-state index in [2.05, 4.69) is 17.5 Å². The molecule has 4 heterocycles. The summed E-state index contributed by atoms with van der Waals surface area (Å²) < 4.78 is 5.71. The van der Waals surface area contributed by atoms with Crippen molar-refractivity contribution in [3.63, 3.8) is 0 Å². The fourth-order valence-corrected chi connectivity index (χ4v) is 10.4. The number of carbonyl (C=O) groups is 2. The maximum absolute atomic E-state index is 12.3. The molecule has 1 aliphatic rings. The second-order valence-corrected chi connectivity index (χ2v) is 10.8. The van der Waals surface area contributed by atoms with Gasteiger partial charge in [-0.15, -0.1) is 0 Å². The van der Waals surface area contributed by atoms with Crippen LogP contribution in [0.15, 0.2) is 33.8 Å². The van der Waals surface area contributed by atoms with E-state index in [1.807, 2.05) is 0 Å². The zero-order chi connectivity index (χ0) is 14.8. The molecule has 4 aromatic rings. The average molecular weight is 454 g/mol. The third kappa shape index (κ3) is 1.76. The van der Waals surface area contributed by atoms with Gasteiger partial charge in [0.05, 0.1) is 0 Å². The van der Waals surface area contributed by atoms with E-state index in [4.69, 9.17) is 0 Å². The van der Waals surface area contributed by atoms with Crippen molar-refractivity contribution >= 4 is 88.3 Å². The molecule has 0 fully saturated rings. The molecule has 0 spiro atoms. The molecule has 0 atom stereocenters. The van der Waals surface area contributed by atoms with Gasteiger partial charge in [0.25, 0.3) is 0 Å². The zero-order valence-electron chi connectivity index (χ0n) is 10.9. The van der Waals surface area contributed by atoms with Crippen molar-refractivity contribution in [2.24, 2.45) is 0 Å². The minimum absolute atomic E-state index is 0.122. The molecule has 0 aliphatic heterocycles. The molecule has 4 aromatic heterocycles. The minimum atomic E-state index is -0.287. The first kappa shape index (κ1) is 13.4. The molecule has 106 valence electrons. The molecule has 2 nitrogen and oxygen atoms in total. The summed E-state index contributed by atoms with van der Waals surface area (Å²) in [5.41, 5.74) is 1.46. The number of hydrogen-bond donors (Lipinski definition) is 0. The van der Waals surface area contributed by atoms with Crippen LogP contribution < -0.4 is 0 Å². The SMILES string of the molecule is O=C1C(=Cc2cc3[te]c4ccsc4c3s2)C(=O)c2cscc21. The maximum atomic E-state index is 12.3. The summed E-state index contributed by atoms with van der Waals surface area (Å²) in [5, 5.41) is 5.70. The summed E-state index contributed by atoms with van der Waals surface area (Å²) in [7, 11) is 0. The number of thiophene rings is 3. The van der Waals surface area contributed by atoms with E-state index in [1.54, 1.807) is 39.5 Å². The quantitative estimate of drug-likeness (QED) is 0.238. The molecule has 0 unspecified atom stereocenters. The number of ketones is 2. The Morgan fingerprint density at radius 1 is 1.00 bits per heavy atom. The molecule has 0 saturated heterocycles. The van der Waals surface area contributed by atoms with Crippen LogP contribution in [0, 0.1) is 0 Å². The van der Waals surface area contributed by atoms with Crippen molar-refractivity contribution in [2.75, 3.05) is 0 Å². The van der Waals surface area contributed by atoms with Gasteiger partial charge in [0.1, 0.15) is 0 Å². The summed E-state index contributed by atoms with van der Waals surface area (Å²) in [6.07, 6.45) is 1.79. The number of hydrogen-bond acceptors (Lipinski definition) is 5. The third-order valence-electron chi connectivity index (χ3n) is 3.70. The van der Waals surface area contributed by atoms with Gasteiger partial charge in [0.15, 0.2) is 0 Å². The molecule has 0 bridgehead atoms. The van der Waals surface area contributed by atoms with Crippen LogP contribution in [0.1, 0.15) is 25.6 Å². The van der Waals surface area contributed by atoms with E-state index in [9.17, 15) is 9.59 Å². The van der Waals surface area contributed by atoms with Crippen molar-refractivity contribution in [3.8, 4) is 0 Å². The van der Waals surface area contributed by atoms with Gasteiger partial charge in [0.2, 0.25) is 0 Å². The van der Waals surface area contributed by atoms with Crippen LogP contribution in [0.4, 0.5) is 0 Å².